The van der Waals surface area contributed by atoms with Gasteiger partial charge in [-0.05, 0) is 42.7 Å². The first-order valence-corrected chi connectivity index (χ1v) is 12.4. The molecule has 0 aliphatic heterocycles. The van der Waals surface area contributed by atoms with E-state index in [0.29, 0.717) is 5.56 Å². The molecule has 13 heteroatoms. The van der Waals surface area contributed by atoms with Crippen LogP contribution in [-0.4, -0.2) is 74.1 Å². The van der Waals surface area contributed by atoms with Gasteiger partial charge in [-0.1, -0.05) is 30.3 Å². The maximum atomic E-state index is 12.8. The van der Waals surface area contributed by atoms with Gasteiger partial charge in [-0.15, -0.1) is 0 Å². The zero-order valence-corrected chi connectivity index (χ0v) is 21.6. The van der Waals surface area contributed by atoms with E-state index in [1.165, 1.54) is 31.2 Å². The zero-order chi connectivity index (χ0) is 29.4. The number of carbonyl (C=O) groups excluding carboxylic acids is 3. The summed E-state index contributed by atoms with van der Waals surface area (Å²) >= 11 is 0. The van der Waals surface area contributed by atoms with Crippen molar-refractivity contribution < 1.29 is 39.3 Å². The number of para-hydroxylation sites is 1. The van der Waals surface area contributed by atoms with Crippen molar-refractivity contribution >= 4 is 40.6 Å². The van der Waals surface area contributed by atoms with Gasteiger partial charge >= 0.3 is 11.9 Å². The number of hydrogen-bond acceptors (Lipinski definition) is 7. The third kappa shape index (κ3) is 8.04. The first kappa shape index (κ1) is 29.6. The van der Waals surface area contributed by atoms with Crippen LogP contribution in [-0.2, 0) is 36.8 Å². The summed E-state index contributed by atoms with van der Waals surface area (Å²) in [5, 5.41) is 36.0. The minimum atomic E-state index is -1.54. The molecular formula is C27H31N5O8. The van der Waals surface area contributed by atoms with E-state index in [-0.39, 0.29) is 18.6 Å². The van der Waals surface area contributed by atoms with Crippen molar-refractivity contribution in [3.05, 3.63) is 65.9 Å². The van der Waals surface area contributed by atoms with E-state index in [2.05, 4.69) is 20.9 Å². The summed E-state index contributed by atoms with van der Waals surface area (Å²) in [4.78, 5) is 64.4. The topological polar surface area (TPSA) is 224 Å². The molecule has 3 aromatic rings. The minimum Gasteiger partial charge on any atom is -0.508 e. The molecule has 0 saturated carbocycles. The maximum Gasteiger partial charge on any atom is 0.326 e. The van der Waals surface area contributed by atoms with Crippen LogP contribution in [0.3, 0.4) is 0 Å². The monoisotopic (exact) mass is 553 g/mol. The van der Waals surface area contributed by atoms with Crippen LogP contribution in [0.5, 0.6) is 5.75 Å². The molecule has 0 spiro atoms. The van der Waals surface area contributed by atoms with Crippen molar-refractivity contribution in [2.75, 3.05) is 0 Å². The molecule has 0 aliphatic carbocycles. The normalized spacial score (nSPS) is 13.9. The highest BCUT2D eigenvalue weighted by Gasteiger charge is 2.30. The molecule has 0 bridgehead atoms. The Morgan fingerprint density at radius 1 is 0.850 bits per heavy atom. The lowest BCUT2D eigenvalue weighted by Crippen LogP contribution is -2.57. The van der Waals surface area contributed by atoms with Crippen LogP contribution in [0.2, 0.25) is 0 Å². The molecule has 1 aromatic heterocycles. The lowest BCUT2D eigenvalue weighted by atomic mass is 10.0. The fraction of sp³-hybridized carbons (Fsp3) is 0.296. The van der Waals surface area contributed by atoms with Gasteiger partial charge in [0.1, 0.15) is 23.9 Å². The van der Waals surface area contributed by atoms with Crippen molar-refractivity contribution in [3.63, 3.8) is 0 Å². The summed E-state index contributed by atoms with van der Waals surface area (Å²) in [7, 11) is 0. The highest BCUT2D eigenvalue weighted by molar-refractivity contribution is 5.95. The second kappa shape index (κ2) is 13.2. The van der Waals surface area contributed by atoms with Crippen LogP contribution in [0.25, 0.3) is 10.9 Å². The smallest absolute Gasteiger partial charge is 0.326 e. The van der Waals surface area contributed by atoms with Gasteiger partial charge in [-0.25, -0.2) is 4.79 Å². The molecule has 0 aliphatic rings. The predicted octanol–water partition coefficient (Wildman–Crippen LogP) is 0.0196. The number of carboxylic acid groups (broad SMARTS) is 2. The van der Waals surface area contributed by atoms with Gasteiger partial charge in [0.05, 0.1) is 12.5 Å². The number of amides is 3. The van der Waals surface area contributed by atoms with Crippen molar-refractivity contribution in [2.45, 2.75) is 50.4 Å². The number of carbonyl (C=O) groups is 5. The van der Waals surface area contributed by atoms with Gasteiger partial charge in [-0.3, -0.25) is 19.2 Å². The van der Waals surface area contributed by atoms with Gasteiger partial charge in [0.15, 0.2) is 0 Å². The number of rotatable bonds is 13. The zero-order valence-electron chi connectivity index (χ0n) is 21.6. The van der Waals surface area contributed by atoms with Crippen molar-refractivity contribution in [2.24, 2.45) is 5.73 Å². The van der Waals surface area contributed by atoms with Gasteiger partial charge in [0, 0.05) is 23.5 Å². The van der Waals surface area contributed by atoms with Crippen molar-refractivity contribution in [3.8, 4) is 5.75 Å². The first-order chi connectivity index (χ1) is 18.9. The second-order valence-corrected chi connectivity index (χ2v) is 9.33. The van der Waals surface area contributed by atoms with Crippen LogP contribution >= 0.6 is 0 Å². The highest BCUT2D eigenvalue weighted by atomic mass is 16.4. The summed E-state index contributed by atoms with van der Waals surface area (Å²) in [5.41, 5.74) is 8.20. The van der Waals surface area contributed by atoms with Crippen molar-refractivity contribution in [1.29, 1.82) is 0 Å². The second-order valence-electron chi connectivity index (χ2n) is 9.33. The number of aromatic hydroxyl groups is 1. The van der Waals surface area contributed by atoms with E-state index in [9.17, 15) is 39.3 Å². The number of benzene rings is 2. The minimum absolute atomic E-state index is 0.00192. The number of fused-ring (bicyclic) bond motifs is 1. The Hall–Kier alpha value is -4.91. The molecule has 0 radical (unpaired) electrons. The lowest BCUT2D eigenvalue weighted by molar-refractivity contribution is -0.143. The summed E-state index contributed by atoms with van der Waals surface area (Å²) < 4.78 is 0. The van der Waals surface area contributed by atoms with E-state index in [1.54, 1.807) is 6.20 Å². The molecule has 3 rings (SSSR count). The number of aliphatic carboxylic acids is 2. The number of nitrogens with one attached hydrogen (secondary N) is 4. The Kier molecular flexibility index (Phi) is 9.81. The van der Waals surface area contributed by atoms with Gasteiger partial charge in [0.25, 0.3) is 0 Å². The van der Waals surface area contributed by atoms with E-state index < -0.39 is 60.2 Å². The Labute approximate surface area is 228 Å². The molecule has 1 heterocycles. The maximum absolute atomic E-state index is 12.8. The molecule has 9 N–H and O–H groups in total. The Balaban J connectivity index is 1.60. The average molecular weight is 554 g/mol. The Bertz CT molecular complexity index is 1390. The standard InChI is InChI=1S/C27H31N5O8/c1-14(24(36)32-22(27(39)40)10-15-6-8-17(33)9-7-15)30-26(38)21(12-23(34)35)31-25(37)19(28)11-16-13-29-20-5-3-2-4-18(16)20/h2-9,13-14,19,21-22,29,33H,10-12,28H2,1H3,(H,30,38)(H,31,37)(H,32,36)(H,34,35)(H,39,40). The number of hydrogen-bond donors (Lipinski definition) is 8. The van der Waals surface area contributed by atoms with Gasteiger partial charge < -0.3 is 42.0 Å². The number of phenolic OH excluding ortho intramolecular Hbond substituents is 1. The lowest BCUT2D eigenvalue weighted by Gasteiger charge is -2.23. The number of aromatic amines is 1. The number of H-pyrrole nitrogens is 1. The average Bonchev–Trinajstić information content (AvgIpc) is 3.31. The van der Waals surface area contributed by atoms with E-state index >= 15 is 0 Å². The predicted molar refractivity (Wildman–Crippen MR) is 143 cm³/mol. The molecule has 0 fully saturated rings. The molecule has 4 atom stereocenters. The molecule has 0 saturated heterocycles. The summed E-state index contributed by atoms with van der Waals surface area (Å²) in [6, 6.07) is 7.93. The third-order valence-electron chi connectivity index (χ3n) is 6.21. The number of phenols is 1. The fourth-order valence-electron chi connectivity index (χ4n) is 4.04. The molecule has 212 valence electrons. The van der Waals surface area contributed by atoms with Crippen LogP contribution in [0, 0.1) is 0 Å². The highest BCUT2D eigenvalue weighted by Crippen LogP contribution is 2.19. The SMILES string of the molecule is CC(NC(=O)C(CC(=O)O)NC(=O)C(N)Cc1c[nH]c2ccccc12)C(=O)NC(Cc1ccc(O)cc1)C(=O)O. The fourth-order valence-corrected chi connectivity index (χ4v) is 4.04. The molecule has 2 aromatic carbocycles. The third-order valence-corrected chi connectivity index (χ3v) is 6.21. The molecular weight excluding hydrogens is 522 g/mol. The van der Waals surface area contributed by atoms with E-state index in [4.69, 9.17) is 5.73 Å². The summed E-state index contributed by atoms with van der Waals surface area (Å²) in [6.45, 7) is 1.29. The molecule has 4 unspecified atom stereocenters. The number of carboxylic acids is 2. The van der Waals surface area contributed by atoms with E-state index in [1.807, 2.05) is 24.3 Å². The Morgan fingerprint density at radius 2 is 1.50 bits per heavy atom. The number of nitrogens with two attached hydrogens (primary N) is 1. The summed E-state index contributed by atoms with van der Waals surface area (Å²) in [6.07, 6.45) is 0.970. The largest absolute Gasteiger partial charge is 0.508 e. The quantitative estimate of drug-likeness (QED) is 0.143. The van der Waals surface area contributed by atoms with Gasteiger partial charge in [-0.2, -0.15) is 0 Å². The van der Waals surface area contributed by atoms with Crippen LogP contribution in [0.1, 0.15) is 24.5 Å². The molecule has 13 nitrogen and oxygen atoms in total. The van der Waals surface area contributed by atoms with E-state index in [0.717, 1.165) is 16.5 Å². The van der Waals surface area contributed by atoms with Crippen LogP contribution in [0.4, 0.5) is 0 Å². The van der Waals surface area contributed by atoms with Crippen LogP contribution < -0.4 is 21.7 Å². The van der Waals surface area contributed by atoms with Crippen LogP contribution in [0.15, 0.2) is 54.7 Å². The molecule has 3 amide bonds. The van der Waals surface area contributed by atoms with Crippen molar-refractivity contribution in [1.82, 2.24) is 20.9 Å². The van der Waals surface area contributed by atoms with Gasteiger partial charge in [0.2, 0.25) is 17.7 Å². The first-order valence-electron chi connectivity index (χ1n) is 12.4. The summed E-state index contributed by atoms with van der Waals surface area (Å²) in [5.74, 6) is -5.25. The number of aromatic nitrogens is 1. The molecule has 40 heavy (non-hydrogen) atoms. The Morgan fingerprint density at radius 3 is 2.15 bits per heavy atom.